The number of aromatic nitrogens is 1. The zero-order valence-electron chi connectivity index (χ0n) is 20.1. The Hall–Kier alpha value is -4.26. The van der Waals surface area contributed by atoms with Gasteiger partial charge in [-0.2, -0.15) is 0 Å². The van der Waals surface area contributed by atoms with Crippen LogP contribution in [0.4, 0.5) is 4.39 Å². The number of rotatable bonds is 7. The minimum Gasteiger partial charge on any atom is -0.478 e. The molecule has 0 aliphatic heterocycles. The van der Waals surface area contributed by atoms with Crippen LogP contribution >= 0.6 is 0 Å². The van der Waals surface area contributed by atoms with E-state index in [-0.39, 0.29) is 17.6 Å². The predicted octanol–water partition coefficient (Wildman–Crippen LogP) is 5.42. The van der Waals surface area contributed by atoms with E-state index < -0.39 is 17.7 Å². The Labute approximate surface area is 208 Å². The summed E-state index contributed by atoms with van der Waals surface area (Å²) in [5.74, 6) is -2.00. The minimum absolute atomic E-state index is 0.174. The van der Waals surface area contributed by atoms with E-state index in [0.29, 0.717) is 40.8 Å². The lowest BCUT2D eigenvalue weighted by molar-refractivity contribution is -0.132. The number of nitrogens with zero attached hydrogens (tertiary/aromatic N) is 2. The van der Waals surface area contributed by atoms with Crippen molar-refractivity contribution in [2.45, 2.75) is 32.1 Å². The SMILES string of the molecule is Cc1ccccc1C(C/C(=N\O)c1ccc(=O)n(C)c1)c1ccc(C2=CCCC=C2C(=O)O)cc1F. The molecule has 1 unspecified atom stereocenters. The number of allylic oxidation sites excluding steroid dienone is 2. The number of halogens is 1. The fourth-order valence-corrected chi connectivity index (χ4v) is 4.67. The van der Waals surface area contributed by atoms with E-state index in [1.54, 1.807) is 37.5 Å². The third-order valence-corrected chi connectivity index (χ3v) is 6.57. The van der Waals surface area contributed by atoms with Crippen LogP contribution in [0, 0.1) is 12.7 Å². The van der Waals surface area contributed by atoms with Gasteiger partial charge in [0.2, 0.25) is 5.56 Å². The van der Waals surface area contributed by atoms with Gasteiger partial charge in [0.25, 0.3) is 0 Å². The molecule has 1 aliphatic carbocycles. The van der Waals surface area contributed by atoms with Crippen molar-refractivity contribution in [2.75, 3.05) is 0 Å². The van der Waals surface area contributed by atoms with E-state index in [2.05, 4.69) is 5.16 Å². The van der Waals surface area contributed by atoms with Gasteiger partial charge in [-0.1, -0.05) is 53.7 Å². The van der Waals surface area contributed by atoms with E-state index in [0.717, 1.165) is 11.1 Å². The second kappa shape index (κ2) is 10.6. The predicted molar refractivity (Wildman–Crippen MR) is 137 cm³/mol. The van der Waals surface area contributed by atoms with Gasteiger partial charge < -0.3 is 14.9 Å². The second-order valence-corrected chi connectivity index (χ2v) is 8.88. The summed E-state index contributed by atoms with van der Waals surface area (Å²) in [7, 11) is 1.61. The largest absolute Gasteiger partial charge is 0.478 e. The first kappa shape index (κ1) is 24.9. The molecule has 1 aromatic heterocycles. The molecule has 1 heterocycles. The van der Waals surface area contributed by atoms with Crippen molar-refractivity contribution in [3.8, 4) is 0 Å². The number of carboxylic acid groups (broad SMARTS) is 1. The van der Waals surface area contributed by atoms with E-state index in [4.69, 9.17) is 0 Å². The molecule has 3 aromatic rings. The van der Waals surface area contributed by atoms with Crippen LogP contribution in [0.5, 0.6) is 0 Å². The molecular formula is C29H27FN2O4. The lowest BCUT2D eigenvalue weighted by atomic mass is 9.82. The topological polar surface area (TPSA) is 91.9 Å². The molecule has 1 atom stereocenters. The molecule has 0 bridgehead atoms. The molecule has 7 heteroatoms. The standard InChI is InChI=1S/C29H27FN2O4/c1-18-7-3-4-8-21(18)25(16-27(31-36)20-12-14-28(33)32(2)17-20)23-13-11-19(15-26(23)30)22-9-5-6-10-24(22)29(34)35/h3-4,7-15,17,25,36H,5-6,16H2,1-2H3,(H,34,35)/b31-27+. The van der Waals surface area contributed by atoms with Crippen LogP contribution in [0.15, 0.2) is 88.5 Å². The number of carbonyl (C=O) groups is 1. The van der Waals surface area contributed by atoms with E-state index in [9.17, 15) is 19.9 Å². The Morgan fingerprint density at radius 1 is 1.08 bits per heavy atom. The molecule has 184 valence electrons. The molecule has 36 heavy (non-hydrogen) atoms. The molecule has 0 fully saturated rings. The summed E-state index contributed by atoms with van der Waals surface area (Å²) in [6.45, 7) is 1.94. The van der Waals surface area contributed by atoms with Crippen molar-refractivity contribution in [3.63, 3.8) is 0 Å². The Morgan fingerprint density at radius 2 is 1.83 bits per heavy atom. The van der Waals surface area contributed by atoms with Crippen LogP contribution in [0.3, 0.4) is 0 Å². The molecule has 1 aliphatic rings. The van der Waals surface area contributed by atoms with Crippen LogP contribution in [-0.4, -0.2) is 26.6 Å². The van der Waals surface area contributed by atoms with E-state index in [1.165, 1.54) is 16.7 Å². The highest BCUT2D eigenvalue weighted by atomic mass is 19.1. The van der Waals surface area contributed by atoms with Crippen LogP contribution < -0.4 is 5.56 Å². The maximum absolute atomic E-state index is 15.7. The average molecular weight is 487 g/mol. The van der Waals surface area contributed by atoms with Crippen LogP contribution in [0.25, 0.3) is 5.57 Å². The highest BCUT2D eigenvalue weighted by Gasteiger charge is 2.25. The van der Waals surface area contributed by atoms with E-state index >= 15 is 4.39 Å². The smallest absolute Gasteiger partial charge is 0.335 e. The summed E-state index contributed by atoms with van der Waals surface area (Å²) in [6.07, 6.45) is 6.58. The lowest BCUT2D eigenvalue weighted by Crippen LogP contribution is -2.18. The van der Waals surface area contributed by atoms with Gasteiger partial charge in [0.05, 0.1) is 11.3 Å². The summed E-state index contributed by atoms with van der Waals surface area (Å²) < 4.78 is 17.1. The number of benzene rings is 2. The minimum atomic E-state index is -1.04. The maximum atomic E-state index is 15.7. The molecule has 0 radical (unpaired) electrons. The van der Waals surface area contributed by atoms with Crippen LogP contribution in [0.2, 0.25) is 0 Å². The number of aliphatic carboxylic acids is 1. The van der Waals surface area contributed by atoms with Gasteiger partial charge in [0.1, 0.15) is 5.82 Å². The quantitative estimate of drug-likeness (QED) is 0.265. The number of oxime groups is 1. The van der Waals surface area contributed by atoms with Crippen molar-refractivity contribution in [1.82, 2.24) is 4.57 Å². The Bertz CT molecular complexity index is 1470. The van der Waals surface area contributed by atoms with Crippen molar-refractivity contribution < 1.29 is 19.5 Å². The van der Waals surface area contributed by atoms with Crippen molar-refractivity contribution in [1.29, 1.82) is 0 Å². The van der Waals surface area contributed by atoms with Gasteiger partial charge >= 0.3 is 5.97 Å². The van der Waals surface area contributed by atoms with Crippen LogP contribution in [-0.2, 0) is 11.8 Å². The highest BCUT2D eigenvalue weighted by Crippen LogP contribution is 2.36. The first-order valence-electron chi connectivity index (χ1n) is 11.7. The van der Waals surface area contributed by atoms with Gasteiger partial charge in [-0.15, -0.1) is 0 Å². The zero-order chi connectivity index (χ0) is 25.8. The number of hydrogen-bond donors (Lipinski definition) is 2. The molecule has 0 spiro atoms. The molecule has 2 N–H and O–H groups in total. The molecule has 6 nitrogen and oxygen atoms in total. The second-order valence-electron chi connectivity index (χ2n) is 8.88. The average Bonchev–Trinajstić information content (AvgIpc) is 2.87. The van der Waals surface area contributed by atoms with Gasteiger partial charge in [0.15, 0.2) is 0 Å². The lowest BCUT2D eigenvalue weighted by Gasteiger charge is -2.22. The summed E-state index contributed by atoms with van der Waals surface area (Å²) in [4.78, 5) is 23.5. The normalized spacial score (nSPS) is 14.7. The van der Waals surface area contributed by atoms with Gasteiger partial charge in [-0.05, 0) is 59.7 Å². The summed E-state index contributed by atoms with van der Waals surface area (Å²) in [5.41, 5.74) is 4.08. The van der Waals surface area contributed by atoms with E-state index in [1.807, 2.05) is 37.3 Å². The van der Waals surface area contributed by atoms with Crippen LogP contribution in [0.1, 0.15) is 53.0 Å². The Morgan fingerprint density at radius 3 is 2.50 bits per heavy atom. The molecule has 4 rings (SSSR count). The summed E-state index contributed by atoms with van der Waals surface area (Å²) in [5, 5.41) is 22.9. The Kier molecular flexibility index (Phi) is 7.29. The van der Waals surface area contributed by atoms with Crippen molar-refractivity contribution in [2.24, 2.45) is 12.2 Å². The summed E-state index contributed by atoms with van der Waals surface area (Å²) in [6, 6.07) is 15.4. The third kappa shape index (κ3) is 5.05. The maximum Gasteiger partial charge on any atom is 0.335 e. The number of aryl methyl sites for hydroxylation is 2. The van der Waals surface area contributed by atoms with Gasteiger partial charge in [-0.3, -0.25) is 4.79 Å². The fraction of sp³-hybridized carbons (Fsp3) is 0.207. The van der Waals surface area contributed by atoms with Gasteiger partial charge in [-0.25, -0.2) is 9.18 Å². The zero-order valence-corrected chi connectivity index (χ0v) is 20.1. The number of pyridine rings is 1. The van der Waals surface area contributed by atoms with Crippen molar-refractivity contribution in [3.05, 3.63) is 123 Å². The fourth-order valence-electron chi connectivity index (χ4n) is 4.67. The molecule has 0 saturated carbocycles. The summed E-state index contributed by atoms with van der Waals surface area (Å²) >= 11 is 0. The molecule has 2 aromatic carbocycles. The third-order valence-electron chi connectivity index (χ3n) is 6.57. The first-order valence-corrected chi connectivity index (χ1v) is 11.7. The molecule has 0 saturated heterocycles. The van der Waals surface area contributed by atoms with Crippen molar-refractivity contribution >= 4 is 17.3 Å². The number of carboxylic acids is 1. The van der Waals surface area contributed by atoms with Gasteiger partial charge in [0, 0.05) is 37.2 Å². The number of hydrogen-bond acceptors (Lipinski definition) is 4. The molecule has 0 amide bonds. The molecular weight excluding hydrogens is 459 g/mol. The highest BCUT2D eigenvalue weighted by molar-refractivity contribution is 6.05. The first-order chi connectivity index (χ1) is 17.3. The monoisotopic (exact) mass is 486 g/mol. The Balaban J connectivity index is 1.78.